The molecular weight excluding hydrogens is 323 g/mol. The lowest BCUT2D eigenvalue weighted by Crippen LogP contribution is -2.30. The molecule has 0 fully saturated rings. The van der Waals surface area contributed by atoms with E-state index < -0.39 is 0 Å². The summed E-state index contributed by atoms with van der Waals surface area (Å²) in [5.74, 6) is 1.17. The number of carbonyl (C=O) groups is 1. The zero-order chi connectivity index (χ0) is 14.5. The number of nitrogen functional groups attached to an aromatic ring is 1. The van der Waals surface area contributed by atoms with Gasteiger partial charge >= 0.3 is 0 Å². The first-order valence-electron chi connectivity index (χ1n) is 6.68. The number of carbonyl (C=O) groups excluding carboxylic acids is 1. The van der Waals surface area contributed by atoms with E-state index in [2.05, 4.69) is 21.8 Å². The Hall–Kier alpha value is -1.72. The minimum Gasteiger partial charge on any atom is -0.398 e. The van der Waals surface area contributed by atoms with Crippen molar-refractivity contribution >= 4 is 36.4 Å². The number of nitrogens with zero attached hydrogens (tertiary/aromatic N) is 2. The molecule has 1 unspecified atom stereocenters. The molecule has 7 heteroatoms. The maximum Gasteiger partial charge on any atom is 0.253 e. The van der Waals surface area contributed by atoms with Gasteiger partial charge in [-0.2, -0.15) is 0 Å². The van der Waals surface area contributed by atoms with E-state index in [1.54, 1.807) is 18.3 Å². The summed E-state index contributed by atoms with van der Waals surface area (Å²) < 4.78 is 2.08. The third-order valence-corrected chi connectivity index (χ3v) is 3.25. The molecule has 0 aliphatic heterocycles. The molecule has 0 aliphatic rings. The number of aryl methyl sites for hydroxylation is 1. The van der Waals surface area contributed by atoms with E-state index in [4.69, 9.17) is 5.73 Å². The summed E-state index contributed by atoms with van der Waals surface area (Å²) in [6.45, 7) is 5.49. The van der Waals surface area contributed by atoms with Crippen molar-refractivity contribution in [2.24, 2.45) is 5.92 Å². The number of para-hydroxylation sites is 1. The molecule has 5 nitrogen and oxygen atoms in total. The number of anilines is 1. The number of nitrogens with one attached hydrogen (secondary N) is 1. The van der Waals surface area contributed by atoms with Crippen LogP contribution in [0.4, 0.5) is 5.69 Å². The van der Waals surface area contributed by atoms with E-state index >= 15 is 0 Å². The monoisotopic (exact) mass is 344 g/mol. The van der Waals surface area contributed by atoms with Crippen LogP contribution in [-0.2, 0) is 6.54 Å². The fourth-order valence-corrected chi connectivity index (χ4v) is 2.06. The largest absolute Gasteiger partial charge is 0.398 e. The highest BCUT2D eigenvalue weighted by atomic mass is 35.5. The Kier molecular flexibility index (Phi) is 8.60. The summed E-state index contributed by atoms with van der Waals surface area (Å²) in [5, 5.41) is 2.92. The molecule has 1 aromatic carbocycles. The van der Waals surface area contributed by atoms with Crippen molar-refractivity contribution in [3.8, 4) is 0 Å². The van der Waals surface area contributed by atoms with E-state index in [0.717, 1.165) is 12.4 Å². The fourth-order valence-electron chi connectivity index (χ4n) is 2.06. The Morgan fingerprint density at radius 2 is 2.05 bits per heavy atom. The maximum atomic E-state index is 12.0. The lowest BCUT2D eigenvalue weighted by molar-refractivity contribution is 0.0947. The van der Waals surface area contributed by atoms with Crippen molar-refractivity contribution in [1.82, 2.24) is 14.9 Å². The molecule has 22 heavy (non-hydrogen) atoms. The normalized spacial score (nSPS) is 11.0. The van der Waals surface area contributed by atoms with Gasteiger partial charge in [-0.15, -0.1) is 24.8 Å². The second-order valence-corrected chi connectivity index (χ2v) is 5.03. The van der Waals surface area contributed by atoms with E-state index in [1.165, 1.54) is 0 Å². The summed E-state index contributed by atoms with van der Waals surface area (Å²) in [4.78, 5) is 16.2. The minimum absolute atomic E-state index is 0. The first-order chi connectivity index (χ1) is 9.58. The number of hydrogen-bond acceptors (Lipinski definition) is 3. The summed E-state index contributed by atoms with van der Waals surface area (Å²) in [5.41, 5.74) is 6.81. The summed E-state index contributed by atoms with van der Waals surface area (Å²) in [6, 6.07) is 7.09. The number of benzene rings is 1. The number of hydrogen-bond donors (Lipinski definition) is 2. The Bertz CT molecular complexity index is 601. The highest BCUT2D eigenvalue weighted by Gasteiger charge is 2.11. The molecule has 122 valence electrons. The van der Waals surface area contributed by atoms with Gasteiger partial charge in [-0.3, -0.25) is 4.79 Å². The highest BCUT2D eigenvalue weighted by Crippen LogP contribution is 2.10. The molecule has 1 amide bonds. The average molecular weight is 345 g/mol. The Balaban J connectivity index is 0.00000220. The molecule has 0 saturated carbocycles. The Morgan fingerprint density at radius 1 is 1.36 bits per heavy atom. The van der Waals surface area contributed by atoms with E-state index in [9.17, 15) is 4.79 Å². The van der Waals surface area contributed by atoms with Crippen molar-refractivity contribution in [1.29, 1.82) is 0 Å². The highest BCUT2D eigenvalue weighted by molar-refractivity contribution is 5.99. The van der Waals surface area contributed by atoms with Crippen LogP contribution in [0.1, 0.15) is 23.1 Å². The van der Waals surface area contributed by atoms with Crippen molar-refractivity contribution in [3.05, 3.63) is 48.0 Å². The van der Waals surface area contributed by atoms with Crippen molar-refractivity contribution in [2.45, 2.75) is 20.4 Å². The van der Waals surface area contributed by atoms with Gasteiger partial charge in [0.1, 0.15) is 5.82 Å². The van der Waals surface area contributed by atoms with E-state index in [-0.39, 0.29) is 30.7 Å². The Morgan fingerprint density at radius 3 is 2.64 bits per heavy atom. The summed E-state index contributed by atoms with van der Waals surface area (Å²) in [6.07, 6.45) is 3.73. The van der Waals surface area contributed by atoms with Crippen LogP contribution in [0.3, 0.4) is 0 Å². The first-order valence-corrected chi connectivity index (χ1v) is 6.68. The van der Waals surface area contributed by atoms with Crippen molar-refractivity contribution in [3.63, 3.8) is 0 Å². The quantitative estimate of drug-likeness (QED) is 0.819. The number of amides is 1. The molecule has 0 spiro atoms. The molecular formula is C15H22Cl2N4O. The van der Waals surface area contributed by atoms with Gasteiger partial charge < -0.3 is 15.6 Å². The second kappa shape index (κ2) is 9.33. The van der Waals surface area contributed by atoms with Gasteiger partial charge in [-0.25, -0.2) is 4.98 Å². The first kappa shape index (κ1) is 20.3. The molecule has 0 radical (unpaired) electrons. The predicted molar refractivity (Wildman–Crippen MR) is 93.8 cm³/mol. The molecule has 2 rings (SSSR count). The second-order valence-electron chi connectivity index (χ2n) is 5.03. The number of rotatable bonds is 5. The van der Waals surface area contributed by atoms with Gasteiger partial charge in [-0.05, 0) is 25.0 Å². The standard InChI is InChI=1S/C15H20N4O.2ClH/c1-11(10-19-8-7-17-12(19)2)9-18-15(20)13-5-3-4-6-14(13)16;;/h3-8,11H,9-10,16H2,1-2H3,(H,18,20);2*1H. The van der Waals surface area contributed by atoms with Crippen molar-refractivity contribution in [2.75, 3.05) is 12.3 Å². The van der Waals surface area contributed by atoms with Crippen LogP contribution in [0.5, 0.6) is 0 Å². The van der Waals surface area contributed by atoms with Crippen LogP contribution in [-0.4, -0.2) is 22.0 Å². The zero-order valence-corrected chi connectivity index (χ0v) is 14.3. The molecule has 2 aromatic rings. The van der Waals surface area contributed by atoms with Crippen LogP contribution in [0.15, 0.2) is 36.7 Å². The molecule has 0 aliphatic carbocycles. The molecule has 0 bridgehead atoms. The molecule has 0 saturated heterocycles. The van der Waals surface area contributed by atoms with Gasteiger partial charge in [0.15, 0.2) is 0 Å². The van der Waals surface area contributed by atoms with Gasteiger partial charge in [0.05, 0.1) is 5.56 Å². The van der Waals surface area contributed by atoms with Gasteiger partial charge in [0, 0.05) is 31.2 Å². The van der Waals surface area contributed by atoms with Crippen LogP contribution >= 0.6 is 24.8 Å². The number of halogens is 2. The number of imidazole rings is 1. The third kappa shape index (κ3) is 5.24. The number of nitrogens with two attached hydrogens (primary N) is 1. The van der Waals surface area contributed by atoms with Crippen LogP contribution in [0, 0.1) is 12.8 Å². The zero-order valence-electron chi connectivity index (χ0n) is 12.7. The van der Waals surface area contributed by atoms with E-state index in [1.807, 2.05) is 25.3 Å². The predicted octanol–water partition coefficient (Wildman–Crippen LogP) is 2.68. The maximum absolute atomic E-state index is 12.0. The third-order valence-electron chi connectivity index (χ3n) is 3.25. The summed E-state index contributed by atoms with van der Waals surface area (Å²) >= 11 is 0. The molecule has 1 atom stereocenters. The van der Waals surface area contributed by atoms with Crippen LogP contribution < -0.4 is 11.1 Å². The van der Waals surface area contributed by atoms with Crippen molar-refractivity contribution < 1.29 is 4.79 Å². The Labute approximate surface area is 143 Å². The smallest absolute Gasteiger partial charge is 0.253 e. The minimum atomic E-state index is -0.127. The lowest BCUT2D eigenvalue weighted by Gasteiger charge is -2.15. The van der Waals surface area contributed by atoms with Gasteiger partial charge in [0.2, 0.25) is 0 Å². The van der Waals surface area contributed by atoms with Crippen LogP contribution in [0.25, 0.3) is 0 Å². The molecule has 1 heterocycles. The fraction of sp³-hybridized carbons (Fsp3) is 0.333. The van der Waals surface area contributed by atoms with Gasteiger partial charge in [-0.1, -0.05) is 19.1 Å². The topological polar surface area (TPSA) is 72.9 Å². The lowest BCUT2D eigenvalue weighted by atomic mass is 10.1. The summed E-state index contributed by atoms with van der Waals surface area (Å²) in [7, 11) is 0. The average Bonchev–Trinajstić information content (AvgIpc) is 2.82. The number of aromatic nitrogens is 2. The van der Waals surface area contributed by atoms with Gasteiger partial charge in [0.25, 0.3) is 5.91 Å². The molecule has 3 N–H and O–H groups in total. The van der Waals surface area contributed by atoms with Crippen LogP contribution in [0.2, 0.25) is 0 Å². The SMILES string of the molecule is Cc1nccn1CC(C)CNC(=O)c1ccccc1N.Cl.Cl. The molecule has 1 aromatic heterocycles. The van der Waals surface area contributed by atoms with E-state index in [0.29, 0.717) is 23.7 Å².